The Kier molecular flexibility index (Phi) is 5.22. The summed E-state index contributed by atoms with van der Waals surface area (Å²) in [5.41, 5.74) is -0.464. The van der Waals surface area contributed by atoms with Gasteiger partial charge < -0.3 is 15.4 Å². The summed E-state index contributed by atoms with van der Waals surface area (Å²) in [6, 6.07) is 11.3. The van der Waals surface area contributed by atoms with Gasteiger partial charge in [0.15, 0.2) is 6.61 Å². The molecule has 11 heteroatoms. The number of carbonyl (C=O) groups excluding carboxylic acids is 3. The maximum absolute atomic E-state index is 12.3. The van der Waals surface area contributed by atoms with Crippen molar-refractivity contribution in [2.24, 2.45) is 0 Å². The first-order valence-corrected chi connectivity index (χ1v) is 9.26. The molecule has 2 aromatic carbocycles. The third kappa shape index (κ3) is 4.01. The normalized spacial score (nSPS) is 12.8. The van der Waals surface area contributed by atoms with Gasteiger partial charge in [-0.2, -0.15) is 0 Å². The number of benzene rings is 2. The van der Waals surface area contributed by atoms with Crippen LogP contribution >= 0.6 is 0 Å². The Balaban J connectivity index is 1.41. The Labute approximate surface area is 174 Å². The molecule has 11 nitrogen and oxygen atoms in total. The van der Waals surface area contributed by atoms with Crippen LogP contribution in [0.25, 0.3) is 10.8 Å². The summed E-state index contributed by atoms with van der Waals surface area (Å²) in [6.07, 6.45) is 0. The van der Waals surface area contributed by atoms with Gasteiger partial charge in [0.05, 0.1) is 28.7 Å². The average Bonchev–Trinajstić information content (AvgIpc) is 2.77. The molecule has 31 heavy (non-hydrogen) atoms. The van der Waals surface area contributed by atoms with Gasteiger partial charge in [-0.05, 0) is 24.3 Å². The van der Waals surface area contributed by atoms with Crippen LogP contribution in [-0.4, -0.2) is 47.6 Å². The molecule has 0 saturated heterocycles. The summed E-state index contributed by atoms with van der Waals surface area (Å²) in [5.74, 6) is -1.04. The third-order valence-corrected chi connectivity index (χ3v) is 4.66. The van der Waals surface area contributed by atoms with E-state index in [1.54, 1.807) is 24.3 Å². The van der Waals surface area contributed by atoms with Gasteiger partial charge in [-0.1, -0.05) is 18.2 Å². The fourth-order valence-corrected chi connectivity index (χ4v) is 3.23. The number of nitrogens with zero attached hydrogens (tertiary/aromatic N) is 1. The van der Waals surface area contributed by atoms with Crippen LogP contribution in [-0.2, 0) is 14.4 Å². The molecule has 1 aliphatic rings. The second kappa shape index (κ2) is 8.14. The summed E-state index contributed by atoms with van der Waals surface area (Å²) in [4.78, 5) is 61.9. The van der Waals surface area contributed by atoms with Crippen LogP contribution in [0, 0.1) is 0 Å². The highest BCUT2D eigenvalue weighted by molar-refractivity contribution is 6.04. The highest BCUT2D eigenvalue weighted by Gasteiger charge is 2.27. The van der Waals surface area contributed by atoms with Crippen LogP contribution in [0.1, 0.15) is 0 Å². The van der Waals surface area contributed by atoms with Gasteiger partial charge in [0.1, 0.15) is 12.3 Å². The number of aromatic nitrogens is 2. The number of carbonyl (C=O) groups is 3. The van der Waals surface area contributed by atoms with Gasteiger partial charge >= 0.3 is 0 Å². The number of hydrogen-bond donors (Lipinski definition) is 4. The Morgan fingerprint density at radius 2 is 1.74 bits per heavy atom. The predicted molar refractivity (Wildman–Crippen MR) is 111 cm³/mol. The topological polar surface area (TPSA) is 153 Å². The van der Waals surface area contributed by atoms with Crippen molar-refractivity contribution in [3.05, 3.63) is 63.2 Å². The zero-order valence-corrected chi connectivity index (χ0v) is 16.1. The Morgan fingerprint density at radius 3 is 2.58 bits per heavy atom. The van der Waals surface area contributed by atoms with Crippen molar-refractivity contribution in [2.45, 2.75) is 0 Å². The lowest BCUT2D eigenvalue weighted by Crippen LogP contribution is -2.46. The monoisotopic (exact) mass is 423 g/mol. The number of anilines is 2. The van der Waals surface area contributed by atoms with Crippen molar-refractivity contribution in [3.8, 4) is 5.75 Å². The number of rotatable bonds is 5. The standard InChI is InChI=1S/C20H17N5O6/c26-15(22-12-5-3-4-11-18(12)20(30)24-23-19(11)29)8-21-16(27)9-25-13-6-1-2-7-14(13)31-10-17(25)28/h1-7H,8-10H2,(H,21,27)(H,22,26)(H,23,29)(H,24,30). The number of nitrogens with one attached hydrogen (secondary N) is 4. The number of para-hydroxylation sites is 2. The van der Waals surface area contributed by atoms with Crippen LogP contribution in [0.5, 0.6) is 5.75 Å². The van der Waals surface area contributed by atoms with Crippen LogP contribution in [0.2, 0.25) is 0 Å². The Morgan fingerprint density at radius 1 is 0.968 bits per heavy atom. The van der Waals surface area contributed by atoms with Gasteiger partial charge in [0, 0.05) is 0 Å². The van der Waals surface area contributed by atoms with E-state index in [9.17, 15) is 24.0 Å². The zero-order valence-electron chi connectivity index (χ0n) is 16.1. The summed E-state index contributed by atoms with van der Waals surface area (Å²) in [6.45, 7) is -0.855. The minimum Gasteiger partial charge on any atom is -0.482 e. The van der Waals surface area contributed by atoms with Gasteiger partial charge in [0.2, 0.25) is 11.8 Å². The van der Waals surface area contributed by atoms with E-state index in [0.29, 0.717) is 11.4 Å². The minimum absolute atomic E-state index is 0.0291. The molecule has 0 spiro atoms. The van der Waals surface area contributed by atoms with E-state index in [0.717, 1.165) is 0 Å². The predicted octanol–water partition coefficient (Wildman–Crippen LogP) is -0.303. The van der Waals surface area contributed by atoms with Crippen molar-refractivity contribution >= 4 is 39.9 Å². The largest absolute Gasteiger partial charge is 0.482 e. The van der Waals surface area contributed by atoms with Crippen molar-refractivity contribution in [3.63, 3.8) is 0 Å². The van der Waals surface area contributed by atoms with E-state index in [1.165, 1.54) is 23.1 Å². The van der Waals surface area contributed by atoms with Crippen LogP contribution < -0.4 is 31.4 Å². The summed E-state index contributed by atoms with van der Waals surface area (Å²) in [5, 5.41) is 9.51. The molecule has 1 aliphatic heterocycles. The molecule has 0 radical (unpaired) electrons. The van der Waals surface area contributed by atoms with Crippen LogP contribution in [0.15, 0.2) is 52.1 Å². The molecule has 4 rings (SSSR count). The first-order valence-electron chi connectivity index (χ1n) is 9.26. The number of amides is 3. The summed E-state index contributed by atoms with van der Waals surface area (Å²) in [7, 11) is 0. The maximum atomic E-state index is 12.3. The molecule has 4 N–H and O–H groups in total. The highest BCUT2D eigenvalue weighted by Crippen LogP contribution is 2.31. The van der Waals surface area contributed by atoms with E-state index in [1.807, 2.05) is 0 Å². The van der Waals surface area contributed by atoms with E-state index >= 15 is 0 Å². The molecule has 0 saturated carbocycles. The molecule has 3 amide bonds. The van der Waals surface area contributed by atoms with Gasteiger partial charge in [-0.15, -0.1) is 0 Å². The van der Waals surface area contributed by atoms with E-state index in [4.69, 9.17) is 4.74 Å². The SMILES string of the molecule is O=C(CN1C(=O)COc2ccccc21)NCC(=O)Nc1cccc2c(=O)[nH][nH]c(=O)c12. The molecule has 0 unspecified atom stereocenters. The molecule has 3 aromatic rings. The lowest BCUT2D eigenvalue weighted by molar-refractivity contribution is -0.126. The number of H-pyrrole nitrogens is 2. The molecular weight excluding hydrogens is 406 g/mol. The second-order valence-corrected chi connectivity index (χ2v) is 6.70. The van der Waals surface area contributed by atoms with E-state index in [2.05, 4.69) is 20.8 Å². The molecule has 1 aromatic heterocycles. The van der Waals surface area contributed by atoms with Crippen molar-refractivity contribution in [1.82, 2.24) is 15.5 Å². The van der Waals surface area contributed by atoms with Gasteiger partial charge in [-0.3, -0.25) is 39.1 Å². The molecule has 158 valence electrons. The van der Waals surface area contributed by atoms with Crippen molar-refractivity contribution in [1.29, 1.82) is 0 Å². The summed E-state index contributed by atoms with van der Waals surface area (Å²) < 4.78 is 5.33. The first-order chi connectivity index (χ1) is 14.9. The first kappa shape index (κ1) is 19.9. The number of fused-ring (bicyclic) bond motifs is 2. The van der Waals surface area contributed by atoms with Crippen molar-refractivity contribution < 1.29 is 19.1 Å². The number of hydrogen-bond acceptors (Lipinski definition) is 6. The minimum atomic E-state index is -0.603. The van der Waals surface area contributed by atoms with Crippen molar-refractivity contribution in [2.75, 3.05) is 29.9 Å². The molecular formula is C20H17N5O6. The molecule has 0 bridgehead atoms. The average molecular weight is 423 g/mol. The lowest BCUT2D eigenvalue weighted by atomic mass is 10.1. The van der Waals surface area contributed by atoms with Gasteiger partial charge in [0.25, 0.3) is 17.0 Å². The van der Waals surface area contributed by atoms with E-state index < -0.39 is 29.5 Å². The Bertz CT molecular complexity index is 1310. The fourth-order valence-electron chi connectivity index (χ4n) is 3.23. The van der Waals surface area contributed by atoms with Gasteiger partial charge in [-0.25, -0.2) is 0 Å². The Hall–Kier alpha value is -4.41. The summed E-state index contributed by atoms with van der Waals surface area (Å²) >= 11 is 0. The smallest absolute Gasteiger partial charge is 0.272 e. The fraction of sp³-hybridized carbons (Fsp3) is 0.150. The molecule has 2 heterocycles. The third-order valence-electron chi connectivity index (χ3n) is 4.66. The lowest BCUT2D eigenvalue weighted by Gasteiger charge is -2.28. The second-order valence-electron chi connectivity index (χ2n) is 6.70. The quantitative estimate of drug-likeness (QED) is 0.442. The molecule has 0 aliphatic carbocycles. The van der Waals surface area contributed by atoms with Crippen LogP contribution in [0.4, 0.5) is 11.4 Å². The van der Waals surface area contributed by atoms with Crippen LogP contribution in [0.3, 0.4) is 0 Å². The molecule has 0 atom stereocenters. The van der Waals surface area contributed by atoms with E-state index in [-0.39, 0.29) is 35.5 Å². The maximum Gasteiger partial charge on any atom is 0.272 e. The zero-order chi connectivity index (χ0) is 22.0. The number of aromatic amines is 2. The molecule has 0 fully saturated rings. The highest BCUT2D eigenvalue weighted by atomic mass is 16.5. The number of ether oxygens (including phenoxy) is 1.